The van der Waals surface area contributed by atoms with Crippen LogP contribution in [0.1, 0.15) is 93.9 Å². The van der Waals surface area contributed by atoms with Gasteiger partial charge in [-0.25, -0.2) is 0 Å². The molecule has 0 aromatic heterocycles. The Morgan fingerprint density at radius 2 is 1.46 bits per heavy atom. The molecule has 5 saturated heterocycles. The normalized spacial score (nSPS) is 51.6. The first-order chi connectivity index (χ1) is 33.4. The number of allylic oxidation sites excluding steroid dienone is 1. The van der Waals surface area contributed by atoms with Crippen LogP contribution in [-0.2, 0) is 71.3 Å². The van der Waals surface area contributed by atoms with Crippen LogP contribution in [0, 0.1) is 40.4 Å². The average Bonchev–Trinajstić information content (AvgIpc) is 3.76. The zero-order chi connectivity index (χ0) is 51.4. The van der Waals surface area contributed by atoms with E-state index in [2.05, 4.69) is 26.5 Å². The van der Waals surface area contributed by atoms with Crippen molar-refractivity contribution in [3.8, 4) is 0 Å². The van der Waals surface area contributed by atoms with Crippen LogP contribution in [0.25, 0.3) is 0 Å². The molecule has 5 heterocycles. The van der Waals surface area contributed by atoms with E-state index in [1.54, 1.807) is 6.92 Å². The first-order valence-corrected chi connectivity index (χ1v) is 25.1. The molecule has 9 rings (SSSR count). The zero-order valence-electron chi connectivity index (χ0n) is 41.5. The number of esters is 3. The summed E-state index contributed by atoms with van der Waals surface area (Å²) in [5, 5.41) is 67.3. The topological polar surface area (TPSA) is 291 Å². The number of hydrogen-bond acceptors (Lipinski definition) is 21. The minimum Gasteiger partial charge on any atom is -0.456 e. The first kappa shape index (κ1) is 52.8. The summed E-state index contributed by atoms with van der Waals surface area (Å²) in [4.78, 5) is 49.3. The third-order valence-corrected chi connectivity index (χ3v) is 17.9. The van der Waals surface area contributed by atoms with Gasteiger partial charge >= 0.3 is 17.9 Å². The fourth-order valence-electron chi connectivity index (χ4n) is 14.6. The molecule has 398 valence electrons. The predicted molar refractivity (Wildman–Crippen MR) is 239 cm³/mol. The maximum absolute atomic E-state index is 12.5. The minimum atomic E-state index is -1.72. The van der Waals surface area contributed by atoms with Crippen molar-refractivity contribution in [1.29, 1.82) is 0 Å². The lowest BCUT2D eigenvalue weighted by Gasteiger charge is -2.60. The summed E-state index contributed by atoms with van der Waals surface area (Å²) in [5.74, 6) is -4.45. The molecule has 0 aromatic rings. The largest absolute Gasteiger partial charge is 0.456 e. The van der Waals surface area contributed by atoms with Gasteiger partial charge in [-0.15, -0.1) is 0 Å². The monoisotopic (exact) mass is 1010 g/mol. The molecule has 4 aliphatic carbocycles. The molecule has 0 bridgehead atoms. The SMILES string of the molecule is C=C1CO[C@@]2(OC3CC4C5CC=C6C[C@@H](O)C[C@@H](O[C@@H]7OC[C@H](O)[C@H](O)[C@H]7O[C@@H]7O[C@@H](C)[C@H](OC(C)=O)[C@@H](OC(C)=O)[C@H]7OC(C)=O)[C@]6(C)C5CC[C@]4(C)C3[C@@H]2C)[C@@H](O)[C@H]1O[C@@H]1O[C@H](C)C(=O)[C@H](O)[C@H]1O. The van der Waals surface area contributed by atoms with E-state index in [4.69, 9.17) is 52.1 Å². The Bertz CT molecular complexity index is 2100. The van der Waals surface area contributed by atoms with E-state index in [0.717, 1.165) is 38.7 Å². The standard InChI is InChI=1S/C50H72O21/c1-19-17-62-50(44(60)39(19)69-45-38(59)37(58)35(56)21(3)63-45)20(2)34-32(71-50)16-30-28-11-10-26-14-27(54)15-33(49(26,9)29(28)12-13-48(30,34)8)68-46-41(36(57)31(55)18-61-46)70-47-43(67-25(7)53)42(66-24(6)52)40(22(4)64-47)65-23(5)51/h10,20-22,27-34,36-47,54-55,57-60H,1,11-18H2,2-9H3/t20-,21+,22-,27+,28?,29?,30?,31-,32?,33+,34?,36-,37-,38+,39-,40-,41+,42+,43+,44-,45-,46-,47-,48-,49-,50-/m0/s1. The number of ketones is 1. The lowest BCUT2D eigenvalue weighted by atomic mass is 9.46. The van der Waals surface area contributed by atoms with E-state index in [1.807, 2.05) is 6.92 Å². The summed E-state index contributed by atoms with van der Waals surface area (Å²) in [7, 11) is 0. The molecule has 21 heteroatoms. The number of aliphatic hydroxyl groups excluding tert-OH is 6. The number of Topliss-reactive ketones (excluding diaryl/α,β-unsaturated/α-hetero) is 1. The third kappa shape index (κ3) is 8.93. The molecule has 0 amide bonds. The number of rotatable bonds is 9. The van der Waals surface area contributed by atoms with Crippen LogP contribution in [0.2, 0.25) is 0 Å². The summed E-state index contributed by atoms with van der Waals surface area (Å²) in [5.41, 5.74) is 0.518. The zero-order valence-corrected chi connectivity index (χ0v) is 41.5. The van der Waals surface area contributed by atoms with Crippen molar-refractivity contribution in [3.63, 3.8) is 0 Å². The van der Waals surface area contributed by atoms with Crippen molar-refractivity contribution >= 4 is 23.7 Å². The molecule has 8 fully saturated rings. The predicted octanol–water partition coefficient (Wildman–Crippen LogP) is 0.634. The molecule has 3 saturated carbocycles. The van der Waals surface area contributed by atoms with Gasteiger partial charge in [-0.2, -0.15) is 0 Å². The van der Waals surface area contributed by atoms with E-state index in [1.165, 1.54) is 13.8 Å². The van der Waals surface area contributed by atoms with Gasteiger partial charge in [-0.3, -0.25) is 19.2 Å². The van der Waals surface area contributed by atoms with Gasteiger partial charge in [-0.05, 0) is 80.6 Å². The van der Waals surface area contributed by atoms with Crippen LogP contribution in [0.15, 0.2) is 23.8 Å². The third-order valence-electron chi connectivity index (χ3n) is 17.9. The van der Waals surface area contributed by atoms with E-state index in [-0.39, 0.29) is 60.7 Å². The second-order valence-electron chi connectivity index (χ2n) is 22.0. The second-order valence-corrected chi connectivity index (χ2v) is 22.0. The molecule has 1 spiro atoms. The van der Waals surface area contributed by atoms with Crippen LogP contribution >= 0.6 is 0 Å². The molecule has 5 aliphatic heterocycles. The number of carbonyl (C=O) groups excluding carboxylic acids is 4. The van der Waals surface area contributed by atoms with Crippen LogP contribution in [0.5, 0.6) is 0 Å². The summed E-state index contributed by atoms with van der Waals surface area (Å²) in [6, 6.07) is 0. The Balaban J connectivity index is 0.946. The smallest absolute Gasteiger partial charge is 0.303 e. The fourth-order valence-corrected chi connectivity index (χ4v) is 14.6. The molecule has 26 atom stereocenters. The number of ether oxygens (including phenoxy) is 11. The molecule has 71 heavy (non-hydrogen) atoms. The molecule has 21 nitrogen and oxygen atoms in total. The average molecular weight is 1010 g/mol. The lowest BCUT2D eigenvalue weighted by Crippen LogP contribution is -2.65. The Morgan fingerprint density at radius 1 is 0.789 bits per heavy atom. The van der Waals surface area contributed by atoms with E-state index in [0.29, 0.717) is 18.4 Å². The maximum atomic E-state index is 12.5. The number of aliphatic hydroxyl groups is 6. The van der Waals surface area contributed by atoms with Gasteiger partial charge in [0, 0.05) is 38.5 Å². The Labute approximate surface area is 412 Å². The fraction of sp³-hybridized carbons (Fsp3) is 0.840. The van der Waals surface area contributed by atoms with Gasteiger partial charge in [0.25, 0.3) is 0 Å². The van der Waals surface area contributed by atoms with Crippen molar-refractivity contribution in [2.45, 2.75) is 210 Å². The van der Waals surface area contributed by atoms with Gasteiger partial charge < -0.3 is 82.7 Å². The highest BCUT2D eigenvalue weighted by Gasteiger charge is 2.72. The van der Waals surface area contributed by atoms with E-state index in [9.17, 15) is 49.8 Å². The van der Waals surface area contributed by atoms with Crippen LogP contribution < -0.4 is 0 Å². The van der Waals surface area contributed by atoms with E-state index < -0.39 is 139 Å². The highest BCUT2D eigenvalue weighted by atomic mass is 16.8. The van der Waals surface area contributed by atoms with Gasteiger partial charge in [0.15, 0.2) is 43.0 Å². The van der Waals surface area contributed by atoms with Crippen LogP contribution in [0.4, 0.5) is 0 Å². The van der Waals surface area contributed by atoms with Crippen molar-refractivity contribution in [1.82, 2.24) is 0 Å². The quantitative estimate of drug-likeness (QED) is 0.105. The molecule has 6 N–H and O–H groups in total. The van der Waals surface area contributed by atoms with Gasteiger partial charge in [-0.1, -0.05) is 39.0 Å². The molecule has 9 aliphatic rings. The Morgan fingerprint density at radius 3 is 2.15 bits per heavy atom. The Kier molecular flexibility index (Phi) is 14.6. The lowest BCUT2D eigenvalue weighted by molar-refractivity contribution is -0.363. The van der Waals surface area contributed by atoms with Gasteiger partial charge in [0.05, 0.1) is 37.6 Å². The maximum Gasteiger partial charge on any atom is 0.303 e. The minimum absolute atomic E-state index is 0.00706. The van der Waals surface area contributed by atoms with Crippen molar-refractivity contribution < 1.29 is 102 Å². The van der Waals surface area contributed by atoms with E-state index >= 15 is 0 Å². The summed E-state index contributed by atoms with van der Waals surface area (Å²) in [6.07, 6.45) is -16.8. The number of carbonyl (C=O) groups is 4. The highest BCUT2D eigenvalue weighted by molar-refractivity contribution is 5.88. The second kappa shape index (κ2) is 19.6. The van der Waals surface area contributed by atoms with Gasteiger partial charge in [0.2, 0.25) is 5.79 Å². The Hall–Kier alpha value is -3.00. The first-order valence-electron chi connectivity index (χ1n) is 25.1. The van der Waals surface area contributed by atoms with Crippen molar-refractivity contribution in [3.05, 3.63) is 23.8 Å². The summed E-state index contributed by atoms with van der Waals surface area (Å²) >= 11 is 0. The molecule has 5 unspecified atom stereocenters. The number of fused-ring (bicyclic) bond motifs is 7. The van der Waals surface area contributed by atoms with Crippen LogP contribution in [0.3, 0.4) is 0 Å². The van der Waals surface area contributed by atoms with Crippen LogP contribution in [-0.4, -0.2) is 184 Å². The highest BCUT2D eigenvalue weighted by Crippen LogP contribution is 2.71. The summed E-state index contributed by atoms with van der Waals surface area (Å²) < 4.78 is 67.4. The van der Waals surface area contributed by atoms with Gasteiger partial charge in [0.1, 0.15) is 48.8 Å². The van der Waals surface area contributed by atoms with Crippen molar-refractivity contribution in [2.24, 2.45) is 40.4 Å². The molecule has 0 radical (unpaired) electrons. The molecular formula is C50H72O21. The summed E-state index contributed by atoms with van der Waals surface area (Å²) in [6.45, 7) is 16.7. The molecule has 0 aromatic carbocycles. The molecular weight excluding hydrogens is 937 g/mol. The number of hydrogen-bond donors (Lipinski definition) is 6. The van der Waals surface area contributed by atoms with Crippen molar-refractivity contribution in [2.75, 3.05) is 13.2 Å².